The highest BCUT2D eigenvalue weighted by Crippen LogP contribution is 2.31. The summed E-state index contributed by atoms with van der Waals surface area (Å²) in [6, 6.07) is 0.388. The number of nitrogens with two attached hydrogens (primary N) is 1. The van der Waals surface area contributed by atoms with E-state index in [0.29, 0.717) is 0 Å². The van der Waals surface area contributed by atoms with Gasteiger partial charge >= 0.3 is 6.18 Å². The second-order valence-electron chi connectivity index (χ2n) is 3.38. The zero-order valence-corrected chi connectivity index (χ0v) is 8.44. The molecule has 0 fully saturated rings. The molecule has 0 aliphatic heterocycles. The van der Waals surface area contributed by atoms with Gasteiger partial charge in [-0.1, -0.05) is 0 Å². The zero-order chi connectivity index (χ0) is 13.2. The van der Waals surface area contributed by atoms with Crippen molar-refractivity contribution in [1.29, 1.82) is 0 Å². The van der Waals surface area contributed by atoms with Gasteiger partial charge in [-0.2, -0.15) is 13.2 Å². The van der Waals surface area contributed by atoms with Crippen molar-refractivity contribution in [1.82, 2.24) is 0 Å². The molecule has 0 spiro atoms. The van der Waals surface area contributed by atoms with Crippen molar-refractivity contribution in [2.45, 2.75) is 19.0 Å². The molecule has 0 aliphatic carbocycles. The smallest absolute Gasteiger partial charge is 0.370 e. The predicted molar refractivity (Wildman–Crippen MR) is 48.9 cm³/mol. The second kappa shape index (κ2) is 4.68. The molecule has 0 saturated heterocycles. The van der Waals surface area contributed by atoms with E-state index >= 15 is 0 Å². The van der Waals surface area contributed by atoms with Crippen molar-refractivity contribution >= 4 is 5.91 Å². The van der Waals surface area contributed by atoms with Crippen LogP contribution in [0.25, 0.3) is 0 Å². The summed E-state index contributed by atoms with van der Waals surface area (Å²) in [6.07, 6.45) is -5.52. The summed E-state index contributed by atoms with van der Waals surface area (Å²) in [5, 5.41) is 0. The monoisotopic (exact) mass is 253 g/mol. The molecule has 7 heteroatoms. The maximum absolute atomic E-state index is 13.2. The lowest BCUT2D eigenvalue weighted by Gasteiger charge is -2.10. The van der Waals surface area contributed by atoms with E-state index in [-0.39, 0.29) is 25.0 Å². The van der Waals surface area contributed by atoms with E-state index in [9.17, 15) is 26.7 Å². The molecule has 1 aromatic carbocycles. The number of hydrogen-bond acceptors (Lipinski definition) is 1. The number of halogens is 5. The molecule has 1 aromatic rings. The molecule has 2 N–H and O–H groups in total. The molecule has 0 radical (unpaired) electrons. The van der Waals surface area contributed by atoms with E-state index < -0.39 is 34.8 Å². The largest absolute Gasteiger partial charge is 0.416 e. The fourth-order valence-electron chi connectivity index (χ4n) is 1.25. The fraction of sp³-hybridized carbons (Fsp3) is 0.300. The number of benzene rings is 1. The van der Waals surface area contributed by atoms with E-state index in [0.717, 1.165) is 0 Å². The number of carbonyl (C=O) groups excluding carboxylic acids is 1. The van der Waals surface area contributed by atoms with Crippen LogP contribution in [0, 0.1) is 11.6 Å². The topological polar surface area (TPSA) is 43.1 Å². The number of carbonyl (C=O) groups is 1. The standard InChI is InChI=1S/C10H8F5NO/c11-7-3-5(10(13,14)15)4-8(12)6(7)1-2-9(16)17/h3-4H,1-2H2,(H2,16,17). The Bertz CT molecular complexity index is 418. The van der Waals surface area contributed by atoms with Crippen LogP contribution in [0.5, 0.6) is 0 Å². The SMILES string of the molecule is NC(=O)CCc1c(F)cc(C(F)(F)F)cc1F. The van der Waals surface area contributed by atoms with Gasteiger partial charge in [0.05, 0.1) is 5.56 Å². The summed E-state index contributed by atoms with van der Waals surface area (Å²) in [7, 11) is 0. The molecule has 0 unspecified atom stereocenters. The van der Waals surface area contributed by atoms with Crippen LogP contribution < -0.4 is 5.73 Å². The first-order valence-electron chi connectivity index (χ1n) is 4.55. The van der Waals surface area contributed by atoms with Gasteiger partial charge in [-0.25, -0.2) is 8.78 Å². The summed E-state index contributed by atoms with van der Waals surface area (Å²) in [4.78, 5) is 10.4. The highest BCUT2D eigenvalue weighted by Gasteiger charge is 2.32. The normalized spacial score (nSPS) is 11.6. The molecular weight excluding hydrogens is 245 g/mol. The first-order valence-corrected chi connectivity index (χ1v) is 4.55. The van der Waals surface area contributed by atoms with Crippen LogP contribution in [0.1, 0.15) is 17.5 Å². The minimum atomic E-state index is -4.82. The quantitative estimate of drug-likeness (QED) is 0.826. The minimum absolute atomic E-state index is 0.194. The Labute approximate surface area is 93.2 Å². The number of hydrogen-bond donors (Lipinski definition) is 1. The van der Waals surface area contributed by atoms with Crippen LogP contribution in [0.4, 0.5) is 22.0 Å². The van der Waals surface area contributed by atoms with Crippen molar-refractivity contribution in [3.63, 3.8) is 0 Å². The first-order chi connectivity index (χ1) is 7.71. The maximum atomic E-state index is 13.2. The third-order valence-corrected chi connectivity index (χ3v) is 2.09. The molecule has 17 heavy (non-hydrogen) atoms. The van der Waals surface area contributed by atoms with Crippen molar-refractivity contribution < 1.29 is 26.7 Å². The van der Waals surface area contributed by atoms with E-state index in [1.54, 1.807) is 0 Å². The Morgan fingerprint density at radius 3 is 2.00 bits per heavy atom. The van der Waals surface area contributed by atoms with Gasteiger partial charge in [-0.15, -0.1) is 0 Å². The highest BCUT2D eigenvalue weighted by atomic mass is 19.4. The Morgan fingerprint density at radius 1 is 1.18 bits per heavy atom. The van der Waals surface area contributed by atoms with Crippen LogP contribution in [0.2, 0.25) is 0 Å². The molecule has 0 atom stereocenters. The van der Waals surface area contributed by atoms with E-state index in [4.69, 9.17) is 5.73 Å². The Morgan fingerprint density at radius 2 is 1.65 bits per heavy atom. The third kappa shape index (κ3) is 3.40. The van der Waals surface area contributed by atoms with Crippen LogP contribution in [-0.4, -0.2) is 5.91 Å². The molecule has 94 valence electrons. The van der Waals surface area contributed by atoms with Gasteiger partial charge in [0.15, 0.2) is 0 Å². The van der Waals surface area contributed by atoms with Crippen LogP contribution in [-0.2, 0) is 17.4 Å². The highest BCUT2D eigenvalue weighted by molar-refractivity contribution is 5.74. The van der Waals surface area contributed by atoms with Gasteiger partial charge in [0.1, 0.15) is 11.6 Å². The summed E-state index contributed by atoms with van der Waals surface area (Å²) in [5.41, 5.74) is 2.80. The molecule has 0 bridgehead atoms. The molecular formula is C10H8F5NO. The minimum Gasteiger partial charge on any atom is -0.370 e. The number of primary amides is 1. The molecule has 1 amide bonds. The van der Waals surface area contributed by atoms with E-state index in [1.165, 1.54) is 0 Å². The van der Waals surface area contributed by atoms with Crippen LogP contribution in [0.15, 0.2) is 12.1 Å². The van der Waals surface area contributed by atoms with Crippen molar-refractivity contribution in [2.24, 2.45) is 5.73 Å². The Kier molecular flexibility index (Phi) is 3.69. The van der Waals surface area contributed by atoms with Gasteiger partial charge in [-0.3, -0.25) is 4.79 Å². The summed E-state index contributed by atoms with van der Waals surface area (Å²) < 4.78 is 63.0. The van der Waals surface area contributed by atoms with Gasteiger partial charge in [0, 0.05) is 12.0 Å². The van der Waals surface area contributed by atoms with Gasteiger partial charge in [0.25, 0.3) is 0 Å². The van der Waals surface area contributed by atoms with Crippen molar-refractivity contribution in [3.8, 4) is 0 Å². The first kappa shape index (κ1) is 13.4. The third-order valence-electron chi connectivity index (χ3n) is 2.09. The lowest BCUT2D eigenvalue weighted by atomic mass is 10.0. The molecule has 0 heterocycles. The Hall–Kier alpha value is -1.66. The molecule has 2 nitrogen and oxygen atoms in total. The summed E-state index contributed by atoms with van der Waals surface area (Å²) >= 11 is 0. The molecule has 0 aromatic heterocycles. The molecule has 1 rings (SSSR count). The van der Waals surface area contributed by atoms with Crippen LogP contribution in [0.3, 0.4) is 0 Å². The second-order valence-corrected chi connectivity index (χ2v) is 3.38. The zero-order valence-electron chi connectivity index (χ0n) is 8.44. The van der Waals surface area contributed by atoms with Crippen LogP contribution >= 0.6 is 0 Å². The number of rotatable bonds is 3. The van der Waals surface area contributed by atoms with Gasteiger partial charge in [-0.05, 0) is 18.6 Å². The lowest BCUT2D eigenvalue weighted by molar-refractivity contribution is -0.138. The maximum Gasteiger partial charge on any atom is 0.416 e. The Balaban J connectivity index is 3.07. The van der Waals surface area contributed by atoms with E-state index in [1.807, 2.05) is 0 Å². The van der Waals surface area contributed by atoms with Gasteiger partial charge < -0.3 is 5.73 Å². The summed E-state index contributed by atoms with van der Waals surface area (Å²) in [5.74, 6) is -3.46. The lowest BCUT2D eigenvalue weighted by Crippen LogP contribution is -2.13. The van der Waals surface area contributed by atoms with Crippen molar-refractivity contribution in [2.75, 3.05) is 0 Å². The fourth-order valence-corrected chi connectivity index (χ4v) is 1.25. The summed E-state index contributed by atoms with van der Waals surface area (Å²) in [6.45, 7) is 0. The number of alkyl halides is 3. The van der Waals surface area contributed by atoms with Crippen molar-refractivity contribution in [3.05, 3.63) is 34.9 Å². The molecule has 0 aliphatic rings. The average Bonchev–Trinajstić information content (AvgIpc) is 2.14. The number of amides is 1. The van der Waals surface area contributed by atoms with Gasteiger partial charge in [0.2, 0.25) is 5.91 Å². The predicted octanol–water partition coefficient (Wildman–Crippen LogP) is 2.40. The van der Waals surface area contributed by atoms with E-state index in [2.05, 4.69) is 0 Å². The average molecular weight is 253 g/mol. The molecule has 0 saturated carbocycles.